The Balaban J connectivity index is 1.67. The highest BCUT2D eigenvalue weighted by atomic mass is 32.2. The molecule has 3 rings (SSSR count). The third-order valence-corrected chi connectivity index (χ3v) is 5.82. The summed E-state index contributed by atoms with van der Waals surface area (Å²) in [4.78, 5) is 0. The minimum absolute atomic E-state index is 0.760. The van der Waals surface area contributed by atoms with E-state index in [9.17, 15) is 0 Å². The Bertz CT molecular complexity index is 555. The smallest absolute Gasteiger partial charge is 0.0193 e. The molecule has 2 heteroatoms. The number of rotatable bonds is 4. The summed E-state index contributed by atoms with van der Waals surface area (Å²) in [6.45, 7) is 4.81. The first kappa shape index (κ1) is 14.0. The number of benzene rings is 2. The summed E-state index contributed by atoms with van der Waals surface area (Å²) in [6.07, 6.45) is 2.67. The van der Waals surface area contributed by atoms with Crippen LogP contribution < -0.4 is 5.32 Å². The molecule has 0 aliphatic carbocycles. The third-order valence-electron chi connectivity index (χ3n) is 4.43. The van der Waals surface area contributed by atoms with Crippen LogP contribution in [0.15, 0.2) is 42.5 Å². The van der Waals surface area contributed by atoms with Gasteiger partial charge in [-0.1, -0.05) is 49.4 Å². The van der Waals surface area contributed by atoms with Crippen molar-refractivity contribution in [2.75, 3.05) is 13.1 Å². The van der Waals surface area contributed by atoms with E-state index in [0.717, 1.165) is 16.9 Å². The number of fused-ring (bicyclic) bond motifs is 1. The van der Waals surface area contributed by atoms with E-state index in [-0.39, 0.29) is 0 Å². The minimum atomic E-state index is 0.760. The quantitative estimate of drug-likeness (QED) is 0.890. The van der Waals surface area contributed by atoms with Crippen LogP contribution in [-0.4, -0.2) is 18.3 Å². The van der Waals surface area contributed by atoms with Crippen LogP contribution in [0.4, 0.5) is 0 Å². The van der Waals surface area contributed by atoms with Gasteiger partial charge in [0, 0.05) is 11.0 Å². The highest BCUT2D eigenvalue weighted by molar-refractivity contribution is 7.99. The molecule has 1 atom stereocenters. The van der Waals surface area contributed by atoms with Crippen molar-refractivity contribution in [2.45, 2.75) is 30.8 Å². The zero-order chi connectivity index (χ0) is 13.8. The summed E-state index contributed by atoms with van der Waals surface area (Å²) in [5, 5.41) is 7.00. The Kier molecular flexibility index (Phi) is 4.64. The summed E-state index contributed by atoms with van der Waals surface area (Å²) in [6, 6.07) is 15.4. The molecule has 2 aromatic rings. The topological polar surface area (TPSA) is 12.0 Å². The Morgan fingerprint density at radius 2 is 1.85 bits per heavy atom. The maximum Gasteiger partial charge on any atom is 0.0193 e. The van der Waals surface area contributed by atoms with Gasteiger partial charge in [-0.3, -0.25) is 0 Å². The van der Waals surface area contributed by atoms with Gasteiger partial charge in [0.2, 0.25) is 0 Å². The van der Waals surface area contributed by atoms with E-state index in [0.29, 0.717) is 0 Å². The first-order valence-corrected chi connectivity index (χ1v) is 8.68. The summed E-state index contributed by atoms with van der Waals surface area (Å²) in [5.74, 6) is 2.02. The zero-order valence-corrected chi connectivity index (χ0v) is 13.0. The maximum atomic E-state index is 3.46. The molecule has 0 aromatic heterocycles. The van der Waals surface area contributed by atoms with Gasteiger partial charge in [-0.05, 0) is 48.2 Å². The standard InChI is InChI=1S/C18H23NS/c1-14(15-9-11-19-12-10-15)20-13-17-7-4-6-16-5-2-3-8-18(16)17/h2-8,14-15,19H,9-13H2,1H3. The summed E-state index contributed by atoms with van der Waals surface area (Å²) in [7, 11) is 0. The molecule has 0 spiro atoms. The monoisotopic (exact) mass is 285 g/mol. The lowest BCUT2D eigenvalue weighted by Crippen LogP contribution is -2.31. The van der Waals surface area contributed by atoms with Crippen molar-refractivity contribution in [2.24, 2.45) is 5.92 Å². The van der Waals surface area contributed by atoms with Gasteiger partial charge in [-0.15, -0.1) is 0 Å². The molecule has 20 heavy (non-hydrogen) atoms. The van der Waals surface area contributed by atoms with E-state index in [4.69, 9.17) is 0 Å². The first-order valence-electron chi connectivity index (χ1n) is 7.63. The van der Waals surface area contributed by atoms with E-state index < -0.39 is 0 Å². The molecular weight excluding hydrogens is 262 g/mol. The lowest BCUT2D eigenvalue weighted by atomic mass is 9.95. The van der Waals surface area contributed by atoms with Crippen LogP contribution in [0, 0.1) is 5.92 Å². The van der Waals surface area contributed by atoms with Crippen LogP contribution in [0.3, 0.4) is 0 Å². The molecule has 1 nitrogen and oxygen atoms in total. The van der Waals surface area contributed by atoms with Gasteiger partial charge in [-0.2, -0.15) is 11.8 Å². The molecule has 1 fully saturated rings. The molecule has 2 aromatic carbocycles. The maximum absolute atomic E-state index is 3.46. The number of piperidine rings is 1. The molecule has 0 bridgehead atoms. The largest absolute Gasteiger partial charge is 0.317 e. The van der Waals surface area contributed by atoms with E-state index in [2.05, 4.69) is 66.5 Å². The fraction of sp³-hybridized carbons (Fsp3) is 0.444. The number of hydrogen-bond donors (Lipinski definition) is 1. The number of hydrogen-bond acceptors (Lipinski definition) is 2. The summed E-state index contributed by atoms with van der Waals surface area (Å²) < 4.78 is 0. The van der Waals surface area contributed by atoms with E-state index >= 15 is 0 Å². The van der Waals surface area contributed by atoms with Crippen LogP contribution in [0.25, 0.3) is 10.8 Å². The predicted octanol–water partition coefficient (Wildman–Crippen LogP) is 4.46. The molecule has 0 amide bonds. The molecular formula is C18H23NS. The van der Waals surface area contributed by atoms with Gasteiger partial charge in [-0.25, -0.2) is 0 Å². The van der Waals surface area contributed by atoms with Crippen molar-refractivity contribution in [3.8, 4) is 0 Å². The highest BCUT2D eigenvalue weighted by Gasteiger charge is 2.20. The fourth-order valence-corrected chi connectivity index (χ4v) is 4.33. The van der Waals surface area contributed by atoms with Gasteiger partial charge in [0.1, 0.15) is 0 Å². The average Bonchev–Trinajstić information content (AvgIpc) is 2.53. The van der Waals surface area contributed by atoms with Crippen molar-refractivity contribution < 1.29 is 0 Å². The summed E-state index contributed by atoms with van der Waals surface area (Å²) in [5.41, 5.74) is 1.48. The normalized spacial score (nSPS) is 18.2. The van der Waals surface area contributed by atoms with Crippen LogP contribution >= 0.6 is 11.8 Å². The molecule has 0 radical (unpaired) electrons. The van der Waals surface area contributed by atoms with Gasteiger partial charge >= 0.3 is 0 Å². The highest BCUT2D eigenvalue weighted by Crippen LogP contribution is 2.30. The molecule has 1 saturated heterocycles. The van der Waals surface area contributed by atoms with E-state index in [1.807, 2.05) is 0 Å². The van der Waals surface area contributed by atoms with Gasteiger partial charge in [0.25, 0.3) is 0 Å². The second-order valence-corrected chi connectivity index (χ2v) is 7.11. The van der Waals surface area contributed by atoms with Crippen LogP contribution in [0.1, 0.15) is 25.3 Å². The van der Waals surface area contributed by atoms with Crippen LogP contribution in [0.2, 0.25) is 0 Å². The lowest BCUT2D eigenvalue weighted by Gasteiger charge is -2.28. The SMILES string of the molecule is CC(SCc1cccc2ccccc12)C1CCNCC1. The zero-order valence-electron chi connectivity index (χ0n) is 12.1. The van der Waals surface area contributed by atoms with Gasteiger partial charge < -0.3 is 5.32 Å². The van der Waals surface area contributed by atoms with Gasteiger partial charge in [0.05, 0.1) is 0 Å². The van der Waals surface area contributed by atoms with Crippen LogP contribution in [-0.2, 0) is 5.75 Å². The molecule has 1 aliphatic heterocycles. The second kappa shape index (κ2) is 6.64. The second-order valence-electron chi connectivity index (χ2n) is 5.74. The molecule has 106 valence electrons. The number of thioether (sulfide) groups is 1. The Hall–Kier alpha value is -0.990. The van der Waals surface area contributed by atoms with Crippen molar-refractivity contribution in [3.05, 3.63) is 48.0 Å². The third kappa shape index (κ3) is 3.18. The Labute approximate surface area is 126 Å². The van der Waals surface area contributed by atoms with Crippen molar-refractivity contribution >= 4 is 22.5 Å². The molecule has 1 unspecified atom stereocenters. The molecule has 0 saturated carbocycles. The van der Waals surface area contributed by atoms with Crippen molar-refractivity contribution in [1.82, 2.24) is 5.32 Å². The Morgan fingerprint density at radius 1 is 1.10 bits per heavy atom. The van der Waals surface area contributed by atoms with E-state index in [1.165, 1.54) is 42.3 Å². The molecule has 1 heterocycles. The van der Waals surface area contributed by atoms with Crippen LogP contribution in [0.5, 0.6) is 0 Å². The number of nitrogens with one attached hydrogen (secondary N) is 1. The first-order chi connectivity index (χ1) is 9.84. The molecule has 1 aliphatic rings. The fourth-order valence-electron chi connectivity index (χ4n) is 3.09. The van der Waals surface area contributed by atoms with E-state index in [1.54, 1.807) is 0 Å². The lowest BCUT2D eigenvalue weighted by molar-refractivity contribution is 0.373. The minimum Gasteiger partial charge on any atom is -0.317 e. The van der Waals surface area contributed by atoms with Gasteiger partial charge in [0.15, 0.2) is 0 Å². The van der Waals surface area contributed by atoms with Crippen molar-refractivity contribution in [1.29, 1.82) is 0 Å². The predicted molar refractivity (Wildman–Crippen MR) is 90.3 cm³/mol. The van der Waals surface area contributed by atoms with Crippen molar-refractivity contribution in [3.63, 3.8) is 0 Å². The Morgan fingerprint density at radius 3 is 2.70 bits per heavy atom. The molecule has 1 N–H and O–H groups in total. The summed E-state index contributed by atoms with van der Waals surface area (Å²) >= 11 is 2.12. The average molecular weight is 285 g/mol.